The highest BCUT2D eigenvalue weighted by atomic mass is 35.5. The molecule has 0 unspecified atom stereocenters. The molecule has 0 aliphatic rings. The maximum atomic E-state index is 12.7. The number of ether oxygens (including phenoxy) is 1. The third-order valence-electron chi connectivity index (χ3n) is 4.67. The molecule has 2 aromatic rings. The van der Waals surface area contributed by atoms with Gasteiger partial charge in [-0.1, -0.05) is 41.4 Å². The molecule has 0 bridgehead atoms. The predicted octanol–water partition coefficient (Wildman–Crippen LogP) is 4.58. The first-order valence-corrected chi connectivity index (χ1v) is 10.9. The van der Waals surface area contributed by atoms with Gasteiger partial charge in [0, 0.05) is 19.6 Å². The Bertz CT molecular complexity index is 901. The van der Waals surface area contributed by atoms with Gasteiger partial charge in [-0.2, -0.15) is 5.10 Å². The second-order valence-electron chi connectivity index (χ2n) is 8.56. The van der Waals surface area contributed by atoms with E-state index >= 15 is 0 Å². The number of carbonyl (C=O) groups is 2. The van der Waals surface area contributed by atoms with Crippen LogP contribution in [0.15, 0.2) is 24.3 Å². The van der Waals surface area contributed by atoms with Crippen molar-refractivity contribution in [3.8, 4) is 0 Å². The van der Waals surface area contributed by atoms with Gasteiger partial charge in [0.15, 0.2) is 0 Å². The number of hydrogen-bond acceptors (Lipinski definition) is 4. The van der Waals surface area contributed by atoms with Gasteiger partial charge in [-0.05, 0) is 53.5 Å². The Kier molecular flexibility index (Phi) is 8.51. The molecule has 0 saturated carbocycles. The van der Waals surface area contributed by atoms with E-state index in [-0.39, 0.29) is 12.0 Å². The van der Waals surface area contributed by atoms with Crippen LogP contribution in [0.4, 0.5) is 4.79 Å². The summed E-state index contributed by atoms with van der Waals surface area (Å²) in [6.07, 6.45) is 0.255. The summed E-state index contributed by atoms with van der Waals surface area (Å²) in [5.41, 5.74) is 2.67. The fourth-order valence-electron chi connectivity index (χ4n) is 3.05. The van der Waals surface area contributed by atoms with Crippen molar-refractivity contribution in [3.05, 3.63) is 51.8 Å². The van der Waals surface area contributed by atoms with E-state index < -0.39 is 5.60 Å². The minimum atomic E-state index is -0.536. The van der Waals surface area contributed by atoms with Crippen LogP contribution in [0.5, 0.6) is 0 Å². The summed E-state index contributed by atoms with van der Waals surface area (Å²) in [6, 6.07) is 8.10. The summed E-state index contributed by atoms with van der Waals surface area (Å²) in [5.74, 6) is -0.266. The van der Waals surface area contributed by atoms with Gasteiger partial charge < -0.3 is 15.0 Å². The van der Waals surface area contributed by atoms with E-state index in [9.17, 15) is 9.59 Å². The molecule has 2 amide bonds. The number of amides is 2. The van der Waals surface area contributed by atoms with Crippen LogP contribution in [0.1, 0.15) is 61.3 Å². The lowest BCUT2D eigenvalue weighted by Crippen LogP contribution is -2.38. The van der Waals surface area contributed by atoms with Gasteiger partial charge >= 0.3 is 6.09 Å². The Hall–Kier alpha value is -2.54. The third-order valence-corrected chi connectivity index (χ3v) is 5.05. The summed E-state index contributed by atoms with van der Waals surface area (Å²) in [4.78, 5) is 26.5. The summed E-state index contributed by atoms with van der Waals surface area (Å²) in [7, 11) is 0. The molecule has 1 aromatic carbocycles. The summed E-state index contributed by atoms with van der Waals surface area (Å²) >= 11 is 6.46. The average molecular weight is 449 g/mol. The number of carbonyl (C=O) groups excluding carboxylic acids is 2. The number of rotatable bonds is 8. The van der Waals surface area contributed by atoms with Crippen molar-refractivity contribution in [1.82, 2.24) is 20.0 Å². The molecule has 0 aliphatic carbocycles. The van der Waals surface area contributed by atoms with Crippen LogP contribution in [0, 0.1) is 13.8 Å². The SMILES string of the molecule is CCN(CCCNC(=O)c1c(C)nn(Cc2ccc(C)cc2)c1Cl)C(=O)OC(C)(C)C. The molecule has 0 radical (unpaired) electrons. The van der Waals surface area contributed by atoms with Crippen molar-refractivity contribution in [2.45, 2.75) is 60.1 Å². The monoisotopic (exact) mass is 448 g/mol. The zero-order valence-corrected chi connectivity index (χ0v) is 20.0. The van der Waals surface area contributed by atoms with E-state index in [0.717, 1.165) is 5.56 Å². The van der Waals surface area contributed by atoms with E-state index in [2.05, 4.69) is 10.4 Å². The van der Waals surface area contributed by atoms with Crippen LogP contribution in [0.3, 0.4) is 0 Å². The molecule has 8 heteroatoms. The summed E-state index contributed by atoms with van der Waals surface area (Å²) in [5, 5.41) is 7.63. The Morgan fingerprint density at radius 3 is 2.42 bits per heavy atom. The molecule has 7 nitrogen and oxygen atoms in total. The van der Waals surface area contributed by atoms with E-state index in [1.165, 1.54) is 5.56 Å². The number of nitrogens with one attached hydrogen (secondary N) is 1. The van der Waals surface area contributed by atoms with Crippen LogP contribution < -0.4 is 5.32 Å². The maximum Gasteiger partial charge on any atom is 0.410 e. The fraction of sp³-hybridized carbons (Fsp3) is 0.522. The predicted molar refractivity (Wildman–Crippen MR) is 123 cm³/mol. The van der Waals surface area contributed by atoms with Crippen LogP contribution in [0.2, 0.25) is 5.15 Å². The fourth-order valence-corrected chi connectivity index (χ4v) is 3.37. The molecule has 0 saturated heterocycles. The zero-order chi connectivity index (χ0) is 23.2. The highest BCUT2D eigenvalue weighted by molar-refractivity contribution is 6.33. The number of nitrogens with zero attached hydrogens (tertiary/aromatic N) is 3. The van der Waals surface area contributed by atoms with E-state index in [4.69, 9.17) is 16.3 Å². The number of aryl methyl sites for hydroxylation is 2. The molecule has 0 fully saturated rings. The molecule has 1 heterocycles. The van der Waals surface area contributed by atoms with E-state index in [1.54, 1.807) is 16.5 Å². The first kappa shape index (κ1) is 24.7. The molecule has 2 rings (SSSR count). The topological polar surface area (TPSA) is 76.5 Å². The lowest BCUT2D eigenvalue weighted by atomic mass is 10.1. The normalized spacial score (nSPS) is 11.3. The van der Waals surface area contributed by atoms with Gasteiger partial charge in [-0.15, -0.1) is 0 Å². The van der Waals surface area contributed by atoms with Crippen molar-refractivity contribution < 1.29 is 14.3 Å². The number of hydrogen-bond donors (Lipinski definition) is 1. The first-order chi connectivity index (χ1) is 14.5. The molecule has 1 N–H and O–H groups in total. The molecule has 31 heavy (non-hydrogen) atoms. The molecule has 1 aromatic heterocycles. The minimum Gasteiger partial charge on any atom is -0.444 e. The summed E-state index contributed by atoms with van der Waals surface area (Å²) < 4.78 is 7.04. The Morgan fingerprint density at radius 1 is 1.19 bits per heavy atom. The van der Waals surface area contributed by atoms with Gasteiger partial charge in [0.2, 0.25) is 0 Å². The van der Waals surface area contributed by atoms with Gasteiger partial charge in [0.05, 0.1) is 17.8 Å². The Balaban J connectivity index is 1.91. The lowest BCUT2D eigenvalue weighted by Gasteiger charge is -2.26. The minimum absolute atomic E-state index is 0.266. The second-order valence-corrected chi connectivity index (χ2v) is 8.92. The smallest absolute Gasteiger partial charge is 0.410 e. The van der Waals surface area contributed by atoms with Crippen molar-refractivity contribution >= 4 is 23.6 Å². The molecule has 0 aliphatic heterocycles. The first-order valence-electron chi connectivity index (χ1n) is 10.6. The average Bonchev–Trinajstić information content (AvgIpc) is 2.95. The lowest BCUT2D eigenvalue weighted by molar-refractivity contribution is 0.0259. The van der Waals surface area contributed by atoms with E-state index in [1.807, 2.05) is 58.9 Å². The molecule has 170 valence electrons. The molecule has 0 spiro atoms. The van der Waals surface area contributed by atoms with Crippen LogP contribution >= 0.6 is 11.6 Å². The standard InChI is InChI=1S/C23H33ClN4O3/c1-7-27(22(30)31-23(4,5)6)14-8-13-25-21(29)19-17(3)26-28(20(19)24)15-18-11-9-16(2)10-12-18/h9-12H,7-8,13-15H2,1-6H3,(H,25,29). The van der Waals surface area contributed by atoms with Crippen molar-refractivity contribution in [1.29, 1.82) is 0 Å². The van der Waals surface area contributed by atoms with Crippen LogP contribution in [-0.4, -0.2) is 51.9 Å². The van der Waals surface area contributed by atoms with Gasteiger partial charge in [0.1, 0.15) is 10.8 Å². The van der Waals surface area contributed by atoms with Crippen molar-refractivity contribution in [2.24, 2.45) is 0 Å². The third kappa shape index (κ3) is 7.28. The Labute approximate surface area is 189 Å². The molecular formula is C23H33ClN4O3. The molecule has 0 atom stereocenters. The second kappa shape index (κ2) is 10.7. The quantitative estimate of drug-likeness (QED) is 0.599. The highest BCUT2D eigenvalue weighted by Crippen LogP contribution is 2.21. The van der Waals surface area contributed by atoms with Gasteiger partial charge in [-0.3, -0.25) is 4.79 Å². The summed E-state index contributed by atoms with van der Waals surface area (Å²) in [6.45, 7) is 13.2. The van der Waals surface area contributed by atoms with Crippen molar-refractivity contribution in [2.75, 3.05) is 19.6 Å². The van der Waals surface area contributed by atoms with Crippen LogP contribution in [-0.2, 0) is 11.3 Å². The number of benzene rings is 1. The van der Waals surface area contributed by atoms with Crippen molar-refractivity contribution in [3.63, 3.8) is 0 Å². The zero-order valence-electron chi connectivity index (χ0n) is 19.3. The number of aromatic nitrogens is 2. The highest BCUT2D eigenvalue weighted by Gasteiger charge is 2.22. The van der Waals surface area contributed by atoms with Gasteiger partial charge in [-0.25, -0.2) is 9.48 Å². The largest absolute Gasteiger partial charge is 0.444 e. The van der Waals surface area contributed by atoms with E-state index in [0.29, 0.717) is 49.0 Å². The maximum absolute atomic E-state index is 12.7. The van der Waals surface area contributed by atoms with Gasteiger partial charge in [0.25, 0.3) is 5.91 Å². The molecular weight excluding hydrogens is 416 g/mol. The number of halogens is 1. The van der Waals surface area contributed by atoms with Crippen LogP contribution in [0.25, 0.3) is 0 Å². The Morgan fingerprint density at radius 2 is 1.84 bits per heavy atom.